The van der Waals surface area contributed by atoms with E-state index in [1.807, 2.05) is 18.2 Å². The molecule has 22 heavy (non-hydrogen) atoms. The summed E-state index contributed by atoms with van der Waals surface area (Å²) < 4.78 is 0. The maximum Gasteiger partial charge on any atom is 0.262 e. The van der Waals surface area contributed by atoms with Gasteiger partial charge in [-0.25, -0.2) is 0 Å². The summed E-state index contributed by atoms with van der Waals surface area (Å²) in [6, 6.07) is 15.0. The Kier molecular flexibility index (Phi) is 2.59. The number of fused-ring (bicyclic) bond motifs is 2. The number of carbonyl (C=O) groups is 2. The molecule has 0 aromatic heterocycles. The van der Waals surface area contributed by atoms with Crippen molar-refractivity contribution in [3.8, 4) is 0 Å². The van der Waals surface area contributed by atoms with E-state index in [2.05, 4.69) is 19.9 Å². The highest BCUT2D eigenvalue weighted by molar-refractivity contribution is 6.21. The van der Waals surface area contributed by atoms with Crippen LogP contribution in [0.4, 0.5) is 0 Å². The number of imide groups is 1. The SMILES string of the molecule is CC1(C)Cc2ccccc2[C@H]1N1C(=O)c2ccccc2C1=O. The number of rotatable bonds is 1. The van der Waals surface area contributed by atoms with Crippen molar-refractivity contribution in [3.63, 3.8) is 0 Å². The number of carbonyl (C=O) groups excluding carboxylic acids is 2. The number of hydrogen-bond acceptors (Lipinski definition) is 2. The highest BCUT2D eigenvalue weighted by Gasteiger charge is 2.49. The Balaban J connectivity index is 1.86. The van der Waals surface area contributed by atoms with Crippen molar-refractivity contribution in [1.82, 2.24) is 4.90 Å². The molecule has 1 aliphatic heterocycles. The third kappa shape index (κ3) is 1.62. The average Bonchev–Trinajstić information content (AvgIpc) is 2.90. The van der Waals surface area contributed by atoms with Gasteiger partial charge in [-0.1, -0.05) is 50.2 Å². The van der Waals surface area contributed by atoms with Crippen LogP contribution in [-0.2, 0) is 6.42 Å². The van der Waals surface area contributed by atoms with Crippen molar-refractivity contribution >= 4 is 11.8 Å². The Bertz CT molecular complexity index is 772. The Morgan fingerprint density at radius 2 is 1.45 bits per heavy atom. The largest absolute Gasteiger partial charge is 0.269 e. The molecule has 4 rings (SSSR count). The first kappa shape index (κ1) is 13.3. The number of nitrogens with zero attached hydrogens (tertiary/aromatic N) is 1. The maximum absolute atomic E-state index is 12.8. The van der Waals surface area contributed by atoms with Gasteiger partial charge < -0.3 is 0 Å². The van der Waals surface area contributed by atoms with Crippen LogP contribution in [0, 0.1) is 5.41 Å². The smallest absolute Gasteiger partial charge is 0.262 e. The molecule has 0 N–H and O–H groups in total. The summed E-state index contributed by atoms with van der Waals surface area (Å²) in [6.07, 6.45) is 0.876. The molecule has 0 radical (unpaired) electrons. The third-order valence-electron chi connectivity index (χ3n) is 4.82. The molecule has 2 amide bonds. The highest BCUT2D eigenvalue weighted by atomic mass is 16.2. The second-order valence-corrected chi connectivity index (χ2v) is 6.79. The topological polar surface area (TPSA) is 37.4 Å². The standard InChI is InChI=1S/C19H17NO2/c1-19(2)11-12-7-3-4-8-13(12)16(19)20-17(21)14-9-5-6-10-15(14)18(20)22/h3-10,16H,11H2,1-2H3/t16-/m1/s1. The Hall–Kier alpha value is -2.42. The molecular weight excluding hydrogens is 274 g/mol. The molecule has 0 unspecified atom stereocenters. The minimum absolute atomic E-state index is 0.156. The molecule has 1 atom stereocenters. The molecule has 0 spiro atoms. The van der Waals surface area contributed by atoms with E-state index in [9.17, 15) is 9.59 Å². The van der Waals surface area contributed by atoms with E-state index in [1.165, 1.54) is 10.5 Å². The molecule has 3 heteroatoms. The fourth-order valence-electron chi connectivity index (χ4n) is 3.90. The van der Waals surface area contributed by atoms with E-state index in [0.29, 0.717) is 11.1 Å². The van der Waals surface area contributed by atoms with Crippen molar-refractivity contribution in [2.24, 2.45) is 5.41 Å². The van der Waals surface area contributed by atoms with Crippen LogP contribution in [0.1, 0.15) is 51.7 Å². The van der Waals surface area contributed by atoms with E-state index in [1.54, 1.807) is 24.3 Å². The Morgan fingerprint density at radius 1 is 0.909 bits per heavy atom. The van der Waals surface area contributed by atoms with Gasteiger partial charge in [0.2, 0.25) is 0 Å². The van der Waals surface area contributed by atoms with E-state index < -0.39 is 0 Å². The summed E-state index contributed by atoms with van der Waals surface area (Å²) in [5.41, 5.74) is 3.22. The van der Waals surface area contributed by atoms with Crippen LogP contribution >= 0.6 is 0 Å². The van der Waals surface area contributed by atoms with Gasteiger partial charge in [0.05, 0.1) is 17.2 Å². The van der Waals surface area contributed by atoms with Gasteiger partial charge in [-0.15, -0.1) is 0 Å². The lowest BCUT2D eigenvalue weighted by Gasteiger charge is -2.34. The van der Waals surface area contributed by atoms with Gasteiger partial charge in [-0.3, -0.25) is 14.5 Å². The molecule has 1 heterocycles. The summed E-state index contributed by atoms with van der Waals surface area (Å²) >= 11 is 0. The second kappa shape index (κ2) is 4.29. The summed E-state index contributed by atoms with van der Waals surface area (Å²) in [7, 11) is 0. The molecule has 1 aliphatic carbocycles. The van der Waals surface area contributed by atoms with Crippen LogP contribution in [0.2, 0.25) is 0 Å². The monoisotopic (exact) mass is 291 g/mol. The molecule has 2 aromatic rings. The first-order valence-electron chi connectivity index (χ1n) is 7.55. The van der Waals surface area contributed by atoms with Crippen molar-refractivity contribution in [2.45, 2.75) is 26.3 Å². The summed E-state index contributed by atoms with van der Waals surface area (Å²) in [5.74, 6) is -0.342. The van der Waals surface area contributed by atoms with Crippen molar-refractivity contribution in [1.29, 1.82) is 0 Å². The predicted molar refractivity (Wildman–Crippen MR) is 83.6 cm³/mol. The van der Waals surface area contributed by atoms with Crippen molar-refractivity contribution in [3.05, 3.63) is 70.8 Å². The third-order valence-corrected chi connectivity index (χ3v) is 4.82. The highest BCUT2D eigenvalue weighted by Crippen LogP contribution is 2.50. The van der Waals surface area contributed by atoms with Crippen molar-refractivity contribution < 1.29 is 9.59 Å². The lowest BCUT2D eigenvalue weighted by Crippen LogP contribution is -2.39. The molecule has 2 aromatic carbocycles. The van der Waals surface area contributed by atoms with Crippen LogP contribution in [0.15, 0.2) is 48.5 Å². The molecular formula is C19H17NO2. The summed E-state index contributed by atoms with van der Waals surface area (Å²) in [4.78, 5) is 27.1. The fraction of sp³-hybridized carbons (Fsp3) is 0.263. The molecule has 0 fully saturated rings. The van der Waals surface area contributed by atoms with Crippen molar-refractivity contribution in [2.75, 3.05) is 0 Å². The molecule has 110 valence electrons. The first-order valence-corrected chi connectivity index (χ1v) is 7.55. The number of amides is 2. The molecule has 2 aliphatic rings. The van der Waals surface area contributed by atoms with E-state index in [4.69, 9.17) is 0 Å². The van der Waals surface area contributed by atoms with E-state index in [0.717, 1.165) is 12.0 Å². The van der Waals surface area contributed by atoms with Gasteiger partial charge in [-0.05, 0) is 35.1 Å². The van der Waals surface area contributed by atoms with Gasteiger partial charge in [0, 0.05) is 0 Å². The number of hydrogen-bond donors (Lipinski definition) is 0. The minimum atomic E-state index is -0.198. The summed E-state index contributed by atoms with van der Waals surface area (Å²) in [6.45, 7) is 4.25. The number of benzene rings is 2. The van der Waals surface area contributed by atoms with Crippen LogP contribution < -0.4 is 0 Å². The lowest BCUT2D eigenvalue weighted by molar-refractivity contribution is 0.0461. The molecule has 0 saturated heterocycles. The first-order chi connectivity index (χ1) is 10.5. The second-order valence-electron chi connectivity index (χ2n) is 6.79. The molecule has 0 saturated carbocycles. The molecule has 3 nitrogen and oxygen atoms in total. The van der Waals surface area contributed by atoms with E-state index >= 15 is 0 Å². The fourth-order valence-corrected chi connectivity index (χ4v) is 3.90. The van der Waals surface area contributed by atoms with Gasteiger partial charge in [0.25, 0.3) is 11.8 Å². The zero-order valence-corrected chi connectivity index (χ0v) is 12.7. The van der Waals surface area contributed by atoms with Crippen LogP contribution in [-0.4, -0.2) is 16.7 Å². The Labute approximate surface area is 129 Å². The maximum atomic E-state index is 12.8. The lowest BCUT2D eigenvalue weighted by atomic mass is 9.84. The predicted octanol–water partition coefficient (Wildman–Crippen LogP) is 3.61. The van der Waals surface area contributed by atoms with Gasteiger partial charge in [-0.2, -0.15) is 0 Å². The van der Waals surface area contributed by atoms with Gasteiger partial charge in [0.1, 0.15) is 0 Å². The Morgan fingerprint density at radius 3 is 2.09 bits per heavy atom. The zero-order chi connectivity index (χ0) is 15.5. The van der Waals surface area contributed by atoms with Crippen LogP contribution in [0.3, 0.4) is 0 Å². The average molecular weight is 291 g/mol. The summed E-state index contributed by atoms with van der Waals surface area (Å²) in [5, 5.41) is 0. The van der Waals surface area contributed by atoms with E-state index in [-0.39, 0.29) is 23.3 Å². The quantitative estimate of drug-likeness (QED) is 0.753. The molecule has 0 bridgehead atoms. The minimum Gasteiger partial charge on any atom is -0.269 e. The van der Waals surface area contributed by atoms with Crippen LogP contribution in [0.5, 0.6) is 0 Å². The zero-order valence-electron chi connectivity index (χ0n) is 12.7. The van der Waals surface area contributed by atoms with Gasteiger partial charge in [0.15, 0.2) is 0 Å². The van der Waals surface area contributed by atoms with Crippen LogP contribution in [0.25, 0.3) is 0 Å². The van der Waals surface area contributed by atoms with Gasteiger partial charge >= 0.3 is 0 Å². The normalized spacial score (nSPS) is 21.9.